The van der Waals surface area contributed by atoms with Gasteiger partial charge in [0.15, 0.2) is 0 Å². The molecule has 0 spiro atoms. The van der Waals surface area contributed by atoms with Crippen molar-refractivity contribution in [2.75, 3.05) is 39.3 Å². The Morgan fingerprint density at radius 3 is 1.56 bits per heavy atom. The quantitative estimate of drug-likeness (QED) is 0.0280. The summed E-state index contributed by atoms with van der Waals surface area (Å²) in [7, 11) is 0. The van der Waals surface area contributed by atoms with Crippen LogP contribution in [0.3, 0.4) is 0 Å². The lowest BCUT2D eigenvalue weighted by Crippen LogP contribution is -2.62. The van der Waals surface area contributed by atoms with Gasteiger partial charge in [0.1, 0.15) is 66.2 Å². The highest BCUT2D eigenvalue weighted by Crippen LogP contribution is 2.17. The lowest BCUT2D eigenvalue weighted by Gasteiger charge is -2.29. The molecule has 91 heavy (non-hydrogen) atoms. The number of aliphatic hydroxyl groups is 2. The lowest BCUT2D eigenvalue weighted by atomic mass is 10.00. The van der Waals surface area contributed by atoms with Gasteiger partial charge < -0.3 is 102 Å². The van der Waals surface area contributed by atoms with Crippen molar-refractivity contribution >= 4 is 70.9 Å². The fourth-order valence-electron chi connectivity index (χ4n) is 9.55. The second kappa shape index (κ2) is 39.8. The highest BCUT2D eigenvalue weighted by molar-refractivity contribution is 6.01. The van der Waals surface area contributed by atoms with Gasteiger partial charge >= 0.3 is 5.97 Å². The standard InChI is InChI=1S/C60H96N16O15/c1-7-11-33(4)60(90)91-38-16-14-37(15-17-38)49(79)67-42(21-27-64)54(84)76-48(35(6)78)59(89)72-41(20-26-63)51(81)71-44-23-29-66-58(88)47(34(5)77)75-55(85)43(22-28-65)69-50(80)39(18-24-61)70-56(86)45(30-32(2)3)73-57(87)46(31-36-12-9-8-10-13-36)74-52(82)40(19-25-62)68-53(44)83/h8-10,12-17,32-35,39-48,77-78H,7,11,18-31,61-65H2,1-6H3,(H,66,88)(H,67,79)(H,68,83)(H,69,80)(H,70,86)(H,71,81)(H,72,89)(H,73,87)(H,74,82)(H,75,85)(H,76,84)/t33?,34-,35?,39-,40-,41-,42-,43-,44-,45-,46+,47-,48-/m0/s1. The minimum Gasteiger partial charge on any atom is -0.426 e. The first-order valence-electron chi connectivity index (χ1n) is 30.8. The maximum Gasteiger partial charge on any atom is 0.314 e. The van der Waals surface area contributed by atoms with Gasteiger partial charge in [0.05, 0.1) is 18.1 Å². The fraction of sp³-hybridized carbons (Fsp3) is 0.600. The molecule has 31 nitrogen and oxygen atoms in total. The van der Waals surface area contributed by atoms with E-state index < -0.39 is 157 Å². The molecule has 1 fully saturated rings. The van der Waals surface area contributed by atoms with Gasteiger partial charge in [0.25, 0.3) is 5.91 Å². The minimum absolute atomic E-state index is 0.0320. The summed E-state index contributed by atoms with van der Waals surface area (Å²) in [5, 5.41) is 49.5. The van der Waals surface area contributed by atoms with Crippen LogP contribution in [0.4, 0.5) is 0 Å². The first-order valence-corrected chi connectivity index (χ1v) is 30.8. The van der Waals surface area contributed by atoms with Crippen LogP contribution in [-0.2, 0) is 59.2 Å². The van der Waals surface area contributed by atoms with Crippen molar-refractivity contribution < 1.29 is 72.5 Å². The van der Waals surface area contributed by atoms with Gasteiger partial charge in [-0.15, -0.1) is 0 Å². The third kappa shape index (κ3) is 25.9. The SMILES string of the molecule is CCCC(C)C(=O)Oc1ccc(C(=O)N[C@@H](CCN)C(=O)N[C@H](C(=O)N[C@@H](CCN)C(=O)N[C@H]2CCNC(=O)[C@H]([C@H](C)O)NC(=O)[C@H](CCN)NC(=O)[C@H](CCN)NC(=O)[C@H](CC(C)C)NC(=O)[C@@H](Cc3ccccc3)NC(=O)[C@H](CCN)NC2=O)C(C)O)cc1. The Hall–Kier alpha value is -8.20. The maximum atomic E-state index is 14.6. The zero-order chi connectivity index (χ0) is 67.9. The monoisotopic (exact) mass is 1280 g/mol. The predicted molar refractivity (Wildman–Crippen MR) is 334 cm³/mol. The molecule has 1 heterocycles. The summed E-state index contributed by atoms with van der Waals surface area (Å²) >= 11 is 0. The Morgan fingerprint density at radius 2 is 1.05 bits per heavy atom. The van der Waals surface area contributed by atoms with Crippen molar-refractivity contribution in [1.29, 1.82) is 0 Å². The molecule has 0 aromatic heterocycles. The number of ether oxygens (including phenoxy) is 1. The number of esters is 1. The van der Waals surface area contributed by atoms with Crippen LogP contribution in [0.2, 0.25) is 0 Å². The van der Waals surface area contributed by atoms with Crippen molar-refractivity contribution in [1.82, 2.24) is 58.5 Å². The average molecular weight is 1280 g/mol. The van der Waals surface area contributed by atoms with Crippen molar-refractivity contribution in [2.45, 2.75) is 178 Å². The number of hydrogen-bond acceptors (Lipinski definition) is 20. The molecule has 2 unspecified atom stereocenters. The van der Waals surface area contributed by atoms with Crippen LogP contribution in [0.1, 0.15) is 115 Å². The molecule has 0 radical (unpaired) electrons. The zero-order valence-corrected chi connectivity index (χ0v) is 52.7. The molecule has 13 atom stereocenters. The van der Waals surface area contributed by atoms with E-state index in [9.17, 15) is 67.7 Å². The van der Waals surface area contributed by atoms with Crippen molar-refractivity contribution in [3.63, 3.8) is 0 Å². The molecule has 23 N–H and O–H groups in total. The van der Waals surface area contributed by atoms with Gasteiger partial charge in [-0.25, -0.2) is 0 Å². The third-order valence-electron chi connectivity index (χ3n) is 14.6. The van der Waals surface area contributed by atoms with E-state index in [1.807, 2.05) is 6.92 Å². The van der Waals surface area contributed by atoms with Crippen LogP contribution < -0.4 is 91.9 Å². The Bertz CT molecular complexity index is 2740. The van der Waals surface area contributed by atoms with E-state index in [0.717, 1.165) is 6.42 Å². The molecule has 0 saturated carbocycles. The lowest BCUT2D eigenvalue weighted by molar-refractivity contribution is -0.138. The molecule has 2 aromatic carbocycles. The molecule has 506 valence electrons. The smallest absolute Gasteiger partial charge is 0.314 e. The van der Waals surface area contributed by atoms with Crippen LogP contribution in [0.25, 0.3) is 0 Å². The second-order valence-corrected chi connectivity index (χ2v) is 22.8. The number of benzene rings is 2. The van der Waals surface area contributed by atoms with E-state index >= 15 is 0 Å². The average Bonchev–Trinajstić information content (AvgIpc) is 2.23. The summed E-state index contributed by atoms with van der Waals surface area (Å²) in [6.07, 6.45) is -3.48. The summed E-state index contributed by atoms with van der Waals surface area (Å²) in [6.45, 7) is 8.20. The van der Waals surface area contributed by atoms with E-state index in [0.29, 0.717) is 12.0 Å². The van der Waals surface area contributed by atoms with Gasteiger partial charge in [-0.2, -0.15) is 0 Å². The number of rotatable bonds is 28. The summed E-state index contributed by atoms with van der Waals surface area (Å²) in [6, 6.07) is -1.21. The molecular weight excluding hydrogens is 1180 g/mol. The molecule has 11 amide bonds. The topological polar surface area (TPSA) is 517 Å². The van der Waals surface area contributed by atoms with Crippen LogP contribution in [-0.4, -0.2) is 193 Å². The Labute approximate surface area is 529 Å². The summed E-state index contributed by atoms with van der Waals surface area (Å²) < 4.78 is 5.41. The fourth-order valence-corrected chi connectivity index (χ4v) is 9.55. The largest absolute Gasteiger partial charge is 0.426 e. The number of hydrogen-bond donors (Lipinski definition) is 18. The minimum atomic E-state index is -1.79. The number of aliphatic hydroxyl groups excluding tert-OH is 2. The molecule has 3 rings (SSSR count). The van der Waals surface area contributed by atoms with E-state index in [1.165, 1.54) is 38.1 Å². The number of carbonyl (C=O) groups is 12. The summed E-state index contributed by atoms with van der Waals surface area (Å²) in [4.78, 5) is 167. The molecule has 0 aliphatic carbocycles. The Kier molecular flexibility index (Phi) is 33.7. The molecule has 0 bridgehead atoms. The first-order chi connectivity index (χ1) is 43.2. The van der Waals surface area contributed by atoms with Gasteiger partial charge in [-0.05, 0) is 134 Å². The highest BCUT2D eigenvalue weighted by atomic mass is 16.5. The van der Waals surface area contributed by atoms with Crippen LogP contribution in [0.5, 0.6) is 5.75 Å². The van der Waals surface area contributed by atoms with Gasteiger partial charge in [-0.3, -0.25) is 57.5 Å². The molecule has 1 saturated heterocycles. The van der Waals surface area contributed by atoms with Gasteiger partial charge in [-0.1, -0.05) is 64.4 Å². The van der Waals surface area contributed by atoms with E-state index in [1.54, 1.807) is 51.1 Å². The van der Waals surface area contributed by atoms with Gasteiger partial charge in [0.2, 0.25) is 59.1 Å². The zero-order valence-electron chi connectivity index (χ0n) is 52.7. The first kappa shape index (κ1) is 77.0. The van der Waals surface area contributed by atoms with Crippen LogP contribution in [0, 0.1) is 11.8 Å². The van der Waals surface area contributed by atoms with Crippen molar-refractivity contribution in [3.8, 4) is 5.75 Å². The summed E-state index contributed by atoms with van der Waals surface area (Å²) in [5.74, 6) is -11.2. The van der Waals surface area contributed by atoms with Crippen LogP contribution >= 0.6 is 0 Å². The van der Waals surface area contributed by atoms with E-state index in [4.69, 9.17) is 33.4 Å². The Balaban J connectivity index is 2.05. The number of nitrogens with one attached hydrogen (secondary N) is 11. The second-order valence-electron chi connectivity index (χ2n) is 22.8. The molecule has 31 heteroatoms. The number of carbonyl (C=O) groups excluding carboxylic acids is 12. The molecule has 1 aliphatic rings. The molecular formula is C60H96N16O15. The van der Waals surface area contributed by atoms with E-state index in [-0.39, 0.29) is 101 Å². The third-order valence-corrected chi connectivity index (χ3v) is 14.6. The number of nitrogens with two attached hydrogens (primary N) is 5. The number of amides is 11. The van der Waals surface area contributed by atoms with Crippen molar-refractivity contribution in [3.05, 3.63) is 65.7 Å². The highest BCUT2D eigenvalue weighted by Gasteiger charge is 2.38. The van der Waals surface area contributed by atoms with Crippen LogP contribution in [0.15, 0.2) is 54.6 Å². The van der Waals surface area contributed by atoms with Gasteiger partial charge in [0, 0.05) is 18.5 Å². The maximum absolute atomic E-state index is 14.6. The summed E-state index contributed by atoms with van der Waals surface area (Å²) in [5.41, 5.74) is 30.1. The Morgan fingerprint density at radius 1 is 0.560 bits per heavy atom. The molecule has 2 aromatic rings. The molecule has 1 aliphatic heterocycles. The van der Waals surface area contributed by atoms with Crippen molar-refractivity contribution in [2.24, 2.45) is 40.5 Å². The predicted octanol–water partition coefficient (Wildman–Crippen LogP) is -5.20. The normalized spacial score (nSPS) is 22.0. The van der Waals surface area contributed by atoms with E-state index in [2.05, 4.69) is 58.5 Å².